The summed E-state index contributed by atoms with van der Waals surface area (Å²) >= 11 is 7.80. The number of hydrogen-bond donors (Lipinski definition) is 1. The molecule has 2 aromatic carbocycles. The maximum atomic E-state index is 12.4. The molecule has 2 aromatic rings. The zero-order valence-electron chi connectivity index (χ0n) is 13.2. The number of piperidine rings is 1. The van der Waals surface area contributed by atoms with Gasteiger partial charge in [-0.25, -0.2) is 0 Å². The van der Waals surface area contributed by atoms with E-state index in [9.17, 15) is 4.79 Å². The van der Waals surface area contributed by atoms with Crippen LogP contribution in [-0.2, 0) is 0 Å². The molecule has 3 atom stereocenters. The highest BCUT2D eigenvalue weighted by atomic mass is 35.5. The van der Waals surface area contributed by atoms with Crippen molar-refractivity contribution in [3.63, 3.8) is 0 Å². The molecule has 1 N–H and O–H groups in total. The van der Waals surface area contributed by atoms with Gasteiger partial charge in [0, 0.05) is 34.5 Å². The van der Waals surface area contributed by atoms with E-state index in [1.165, 1.54) is 13.0 Å². The van der Waals surface area contributed by atoms with Crippen LogP contribution in [0.25, 0.3) is 0 Å². The molecule has 2 fully saturated rings. The van der Waals surface area contributed by atoms with Crippen molar-refractivity contribution in [2.45, 2.75) is 22.3 Å². The minimum Gasteiger partial charge on any atom is -0.348 e. The summed E-state index contributed by atoms with van der Waals surface area (Å²) in [6.07, 6.45) is 1.21. The van der Waals surface area contributed by atoms with Gasteiger partial charge in [0.25, 0.3) is 5.91 Å². The summed E-state index contributed by atoms with van der Waals surface area (Å²) in [5.74, 6) is 0.659. The summed E-state index contributed by atoms with van der Waals surface area (Å²) in [6.45, 7) is 3.32. The molecule has 124 valence electrons. The standard InChI is InChI=1S/C19H19ClN2OS/c20-16-3-1-2-4-18(16)24-15-7-5-13(6-8-15)19(23)21-17-12-22-10-9-14(17)11-22/h1-8,14,17H,9-12H2,(H,21,23)/t14-,17?/m0/s1. The van der Waals surface area contributed by atoms with E-state index in [4.69, 9.17) is 11.6 Å². The van der Waals surface area contributed by atoms with Crippen molar-refractivity contribution in [3.8, 4) is 0 Å². The molecule has 0 spiro atoms. The molecule has 2 aliphatic heterocycles. The Kier molecular flexibility index (Phi) is 4.53. The van der Waals surface area contributed by atoms with Gasteiger partial charge in [0.1, 0.15) is 0 Å². The lowest BCUT2D eigenvalue weighted by atomic mass is 9.99. The number of fused-ring (bicyclic) bond motifs is 2. The molecular weight excluding hydrogens is 340 g/mol. The Labute approximate surface area is 151 Å². The molecule has 2 aliphatic rings. The molecule has 0 saturated carbocycles. The van der Waals surface area contributed by atoms with Crippen LogP contribution in [0.2, 0.25) is 5.02 Å². The molecule has 0 aromatic heterocycles. The molecule has 2 heterocycles. The van der Waals surface area contributed by atoms with E-state index in [0.29, 0.717) is 12.0 Å². The third-order valence-electron chi connectivity index (χ3n) is 4.83. The van der Waals surface area contributed by atoms with Crippen LogP contribution in [0.3, 0.4) is 0 Å². The lowest BCUT2D eigenvalue weighted by molar-refractivity contribution is 0.0924. The van der Waals surface area contributed by atoms with Gasteiger partial charge in [0.05, 0.1) is 5.02 Å². The minimum absolute atomic E-state index is 0.0306. The Morgan fingerprint density at radius 2 is 1.92 bits per heavy atom. The fourth-order valence-corrected chi connectivity index (χ4v) is 4.62. The first-order valence-corrected chi connectivity index (χ1v) is 9.44. The Morgan fingerprint density at radius 3 is 2.58 bits per heavy atom. The van der Waals surface area contributed by atoms with Gasteiger partial charge in [-0.1, -0.05) is 35.5 Å². The number of amides is 1. The Bertz CT molecular complexity index is 749. The summed E-state index contributed by atoms with van der Waals surface area (Å²) in [5.41, 5.74) is 0.719. The van der Waals surface area contributed by atoms with Gasteiger partial charge < -0.3 is 10.2 Å². The SMILES string of the molecule is O=C(NC1CN2CC[C@H]1C2)c1ccc(Sc2ccccc2Cl)cc1. The predicted octanol–water partition coefficient (Wildman–Crippen LogP) is 3.93. The first-order chi connectivity index (χ1) is 11.7. The number of hydrogen-bond acceptors (Lipinski definition) is 3. The minimum atomic E-state index is 0.0306. The van der Waals surface area contributed by atoms with Crippen molar-refractivity contribution in [1.82, 2.24) is 10.2 Å². The number of benzene rings is 2. The fraction of sp³-hybridized carbons (Fsp3) is 0.316. The molecule has 2 bridgehead atoms. The van der Waals surface area contributed by atoms with E-state index in [2.05, 4.69) is 10.2 Å². The number of halogens is 1. The molecule has 2 saturated heterocycles. The molecule has 2 unspecified atom stereocenters. The van der Waals surface area contributed by atoms with Crippen molar-refractivity contribution >= 4 is 29.3 Å². The molecular formula is C19H19ClN2OS. The van der Waals surface area contributed by atoms with Crippen LogP contribution < -0.4 is 5.32 Å². The Hall–Kier alpha value is -1.49. The van der Waals surface area contributed by atoms with Crippen molar-refractivity contribution in [1.29, 1.82) is 0 Å². The van der Waals surface area contributed by atoms with Gasteiger partial charge in [0.2, 0.25) is 0 Å². The van der Waals surface area contributed by atoms with Gasteiger partial charge in [-0.3, -0.25) is 4.79 Å². The first-order valence-electron chi connectivity index (χ1n) is 8.25. The molecule has 1 amide bonds. The van der Waals surface area contributed by atoms with Crippen molar-refractivity contribution in [2.24, 2.45) is 5.92 Å². The lowest BCUT2D eigenvalue weighted by Gasteiger charge is -2.23. The Balaban J connectivity index is 1.40. The van der Waals surface area contributed by atoms with E-state index >= 15 is 0 Å². The third kappa shape index (κ3) is 3.32. The molecule has 3 nitrogen and oxygen atoms in total. The van der Waals surface area contributed by atoms with Gasteiger partial charge >= 0.3 is 0 Å². The van der Waals surface area contributed by atoms with Crippen LogP contribution >= 0.6 is 23.4 Å². The second-order valence-electron chi connectivity index (χ2n) is 6.45. The quantitative estimate of drug-likeness (QED) is 0.898. The number of carbonyl (C=O) groups excluding carboxylic acids is 1. The number of nitrogens with one attached hydrogen (secondary N) is 1. The van der Waals surface area contributed by atoms with Gasteiger partial charge in [-0.15, -0.1) is 0 Å². The smallest absolute Gasteiger partial charge is 0.251 e. The molecule has 0 radical (unpaired) electrons. The van der Waals surface area contributed by atoms with Gasteiger partial charge in [0.15, 0.2) is 0 Å². The van der Waals surface area contributed by atoms with Gasteiger partial charge in [-0.05, 0) is 55.3 Å². The maximum Gasteiger partial charge on any atom is 0.251 e. The molecule has 4 rings (SSSR count). The van der Waals surface area contributed by atoms with Crippen molar-refractivity contribution in [3.05, 3.63) is 59.1 Å². The van der Waals surface area contributed by atoms with E-state index in [0.717, 1.165) is 33.5 Å². The fourth-order valence-electron chi connectivity index (χ4n) is 3.53. The van der Waals surface area contributed by atoms with E-state index in [1.807, 2.05) is 48.5 Å². The lowest BCUT2D eigenvalue weighted by Crippen LogP contribution is -2.43. The van der Waals surface area contributed by atoms with Crippen LogP contribution in [0, 0.1) is 5.92 Å². The number of rotatable bonds is 4. The van der Waals surface area contributed by atoms with E-state index in [1.54, 1.807) is 11.8 Å². The summed E-state index contributed by atoms with van der Waals surface area (Å²) in [6, 6.07) is 15.8. The number of nitrogens with zero attached hydrogens (tertiary/aromatic N) is 1. The molecule has 5 heteroatoms. The maximum absolute atomic E-state index is 12.4. The molecule has 0 aliphatic carbocycles. The van der Waals surface area contributed by atoms with Crippen molar-refractivity contribution in [2.75, 3.05) is 19.6 Å². The summed E-state index contributed by atoms with van der Waals surface area (Å²) in [5, 5.41) is 3.94. The number of carbonyl (C=O) groups is 1. The zero-order valence-corrected chi connectivity index (χ0v) is 14.8. The average molecular weight is 359 g/mol. The zero-order chi connectivity index (χ0) is 16.5. The largest absolute Gasteiger partial charge is 0.348 e. The highest BCUT2D eigenvalue weighted by molar-refractivity contribution is 7.99. The normalized spacial score (nSPS) is 25.0. The second kappa shape index (κ2) is 6.79. The second-order valence-corrected chi connectivity index (χ2v) is 7.97. The first kappa shape index (κ1) is 16.0. The Morgan fingerprint density at radius 1 is 1.12 bits per heavy atom. The highest BCUT2D eigenvalue weighted by Crippen LogP contribution is 2.33. The van der Waals surface area contributed by atoms with Crippen LogP contribution in [-0.4, -0.2) is 36.5 Å². The summed E-state index contributed by atoms with van der Waals surface area (Å²) in [4.78, 5) is 17.0. The molecule has 24 heavy (non-hydrogen) atoms. The summed E-state index contributed by atoms with van der Waals surface area (Å²) < 4.78 is 0. The van der Waals surface area contributed by atoms with Crippen LogP contribution in [0.15, 0.2) is 58.3 Å². The van der Waals surface area contributed by atoms with Crippen LogP contribution in [0.4, 0.5) is 0 Å². The average Bonchev–Trinajstić information content (AvgIpc) is 3.20. The topological polar surface area (TPSA) is 32.3 Å². The van der Waals surface area contributed by atoms with Crippen molar-refractivity contribution < 1.29 is 4.79 Å². The summed E-state index contributed by atoms with van der Waals surface area (Å²) in [7, 11) is 0. The monoisotopic (exact) mass is 358 g/mol. The van der Waals surface area contributed by atoms with E-state index < -0.39 is 0 Å². The predicted molar refractivity (Wildman–Crippen MR) is 97.8 cm³/mol. The third-order valence-corrected chi connectivity index (χ3v) is 6.36. The van der Waals surface area contributed by atoms with Crippen LogP contribution in [0.1, 0.15) is 16.8 Å². The highest BCUT2D eigenvalue weighted by Gasteiger charge is 2.38. The van der Waals surface area contributed by atoms with Gasteiger partial charge in [-0.2, -0.15) is 0 Å². The van der Waals surface area contributed by atoms with E-state index in [-0.39, 0.29) is 5.91 Å². The van der Waals surface area contributed by atoms with Crippen LogP contribution in [0.5, 0.6) is 0 Å².